The minimum absolute atomic E-state index is 0.435. The number of halogens is 1. The van der Waals surface area contributed by atoms with Crippen molar-refractivity contribution in [3.05, 3.63) is 28.2 Å². The second-order valence-corrected chi connectivity index (χ2v) is 5.09. The molecule has 1 saturated carbocycles. The predicted octanol–water partition coefficient (Wildman–Crippen LogP) is 3.05. The van der Waals surface area contributed by atoms with Crippen LogP contribution in [0.4, 0.5) is 5.69 Å². The highest BCUT2D eigenvalue weighted by atomic mass is 79.9. The van der Waals surface area contributed by atoms with E-state index < -0.39 is 0 Å². The molecule has 0 amide bonds. The molecule has 0 bridgehead atoms. The van der Waals surface area contributed by atoms with Crippen LogP contribution in [0.5, 0.6) is 0 Å². The fraction of sp³-hybridized carbons (Fsp3) is 0.364. The first-order valence-electron chi connectivity index (χ1n) is 5.03. The van der Waals surface area contributed by atoms with Crippen molar-refractivity contribution in [1.29, 1.82) is 0 Å². The summed E-state index contributed by atoms with van der Waals surface area (Å²) >= 11 is 8.52. The van der Waals surface area contributed by atoms with Gasteiger partial charge >= 0.3 is 0 Å². The highest BCUT2D eigenvalue weighted by molar-refractivity contribution is 9.10. The van der Waals surface area contributed by atoms with Gasteiger partial charge in [0.05, 0.1) is 0 Å². The number of rotatable bonds is 3. The van der Waals surface area contributed by atoms with Crippen molar-refractivity contribution < 1.29 is 0 Å². The van der Waals surface area contributed by atoms with Gasteiger partial charge in [0.15, 0.2) is 0 Å². The molecule has 4 heteroatoms. The standard InChI is InChI=1S/C11H13BrN2S/c12-8-5-2-6-9(10(8)11(13)15)14-7-3-1-4-7/h2,5-7,14H,1,3-4H2,(H2,13,15). The smallest absolute Gasteiger partial charge is 0.107 e. The van der Waals surface area contributed by atoms with E-state index in [2.05, 4.69) is 21.2 Å². The predicted molar refractivity (Wildman–Crippen MR) is 71.3 cm³/mol. The summed E-state index contributed by atoms with van der Waals surface area (Å²) in [4.78, 5) is 0.435. The topological polar surface area (TPSA) is 38.0 Å². The van der Waals surface area contributed by atoms with Crippen LogP contribution in [0, 0.1) is 0 Å². The maximum atomic E-state index is 5.71. The zero-order valence-electron chi connectivity index (χ0n) is 8.29. The molecule has 1 aromatic rings. The lowest BCUT2D eigenvalue weighted by Gasteiger charge is -2.28. The average molecular weight is 285 g/mol. The summed E-state index contributed by atoms with van der Waals surface area (Å²) in [6.07, 6.45) is 3.79. The molecule has 2 rings (SSSR count). The third-order valence-corrected chi connectivity index (χ3v) is 3.59. The number of anilines is 1. The number of hydrogen-bond donors (Lipinski definition) is 2. The lowest BCUT2D eigenvalue weighted by Crippen LogP contribution is -2.28. The fourth-order valence-corrected chi connectivity index (χ4v) is 2.60. The van der Waals surface area contributed by atoms with Gasteiger partial charge in [-0.25, -0.2) is 0 Å². The molecule has 3 N–H and O–H groups in total. The molecule has 0 spiro atoms. The summed E-state index contributed by atoms with van der Waals surface area (Å²) in [6, 6.07) is 6.57. The fourth-order valence-electron chi connectivity index (χ4n) is 1.67. The SMILES string of the molecule is NC(=S)c1c(Br)cccc1NC1CCC1. The van der Waals surface area contributed by atoms with Crippen LogP contribution in [0.3, 0.4) is 0 Å². The molecule has 1 aliphatic carbocycles. The van der Waals surface area contributed by atoms with Crippen molar-refractivity contribution in [3.63, 3.8) is 0 Å². The molecule has 0 aromatic heterocycles. The van der Waals surface area contributed by atoms with Crippen molar-refractivity contribution in [3.8, 4) is 0 Å². The van der Waals surface area contributed by atoms with E-state index in [1.807, 2.05) is 18.2 Å². The highest BCUT2D eigenvalue weighted by Gasteiger charge is 2.19. The second-order valence-electron chi connectivity index (χ2n) is 3.80. The molecule has 0 heterocycles. The molecule has 0 unspecified atom stereocenters. The zero-order valence-corrected chi connectivity index (χ0v) is 10.7. The van der Waals surface area contributed by atoms with Crippen LogP contribution < -0.4 is 11.1 Å². The van der Waals surface area contributed by atoms with E-state index >= 15 is 0 Å². The summed E-state index contributed by atoms with van der Waals surface area (Å²) in [5, 5.41) is 3.47. The number of hydrogen-bond acceptors (Lipinski definition) is 2. The van der Waals surface area contributed by atoms with Gasteiger partial charge in [-0.3, -0.25) is 0 Å². The lowest BCUT2D eigenvalue weighted by atomic mass is 9.92. The first-order chi connectivity index (χ1) is 7.18. The molecule has 0 radical (unpaired) electrons. The third kappa shape index (κ3) is 2.32. The molecule has 1 aliphatic rings. The Kier molecular flexibility index (Phi) is 3.26. The van der Waals surface area contributed by atoms with Gasteiger partial charge in [-0.2, -0.15) is 0 Å². The monoisotopic (exact) mass is 284 g/mol. The van der Waals surface area contributed by atoms with Crippen LogP contribution in [0.2, 0.25) is 0 Å². The summed E-state index contributed by atoms with van der Waals surface area (Å²) in [5.74, 6) is 0. The van der Waals surface area contributed by atoms with Gasteiger partial charge < -0.3 is 11.1 Å². The van der Waals surface area contributed by atoms with Crippen LogP contribution in [-0.2, 0) is 0 Å². The highest BCUT2D eigenvalue weighted by Crippen LogP contribution is 2.29. The van der Waals surface area contributed by atoms with Gasteiger partial charge in [-0.15, -0.1) is 0 Å². The minimum atomic E-state index is 0.435. The Morgan fingerprint density at radius 2 is 2.20 bits per heavy atom. The van der Waals surface area contributed by atoms with E-state index in [1.165, 1.54) is 19.3 Å². The minimum Gasteiger partial charge on any atom is -0.389 e. The molecule has 1 fully saturated rings. The van der Waals surface area contributed by atoms with Gasteiger partial charge in [-0.05, 0) is 47.3 Å². The molecule has 80 valence electrons. The molecule has 0 aliphatic heterocycles. The first kappa shape index (κ1) is 10.9. The van der Waals surface area contributed by atoms with Crippen LogP contribution >= 0.6 is 28.1 Å². The van der Waals surface area contributed by atoms with Crippen LogP contribution in [0.1, 0.15) is 24.8 Å². The largest absolute Gasteiger partial charge is 0.389 e. The molecular formula is C11H13BrN2S. The Hall–Kier alpha value is -0.610. The summed E-state index contributed by atoms with van der Waals surface area (Å²) in [5.41, 5.74) is 7.67. The number of nitrogens with one attached hydrogen (secondary N) is 1. The van der Waals surface area contributed by atoms with E-state index in [4.69, 9.17) is 18.0 Å². The summed E-state index contributed by atoms with van der Waals surface area (Å²) < 4.78 is 0.958. The van der Waals surface area contributed by atoms with Gasteiger partial charge in [0, 0.05) is 21.8 Å². The Bertz CT molecular complexity index is 388. The molecule has 15 heavy (non-hydrogen) atoms. The van der Waals surface area contributed by atoms with E-state index in [0.717, 1.165) is 15.7 Å². The van der Waals surface area contributed by atoms with Crippen molar-refractivity contribution >= 4 is 38.8 Å². The van der Waals surface area contributed by atoms with Crippen molar-refractivity contribution in [1.82, 2.24) is 0 Å². The third-order valence-electron chi connectivity index (χ3n) is 2.72. The van der Waals surface area contributed by atoms with Crippen LogP contribution in [-0.4, -0.2) is 11.0 Å². The first-order valence-corrected chi connectivity index (χ1v) is 6.23. The number of thiocarbonyl (C=S) groups is 1. The average Bonchev–Trinajstić information content (AvgIpc) is 2.10. The van der Waals surface area contributed by atoms with Crippen molar-refractivity contribution in [2.75, 3.05) is 5.32 Å². The van der Waals surface area contributed by atoms with Crippen molar-refractivity contribution in [2.45, 2.75) is 25.3 Å². The van der Waals surface area contributed by atoms with Gasteiger partial charge in [0.2, 0.25) is 0 Å². The maximum absolute atomic E-state index is 5.71. The van der Waals surface area contributed by atoms with Gasteiger partial charge in [0.1, 0.15) is 4.99 Å². The second kappa shape index (κ2) is 4.49. The van der Waals surface area contributed by atoms with Gasteiger partial charge in [0.25, 0.3) is 0 Å². The number of nitrogens with two attached hydrogens (primary N) is 1. The quantitative estimate of drug-likeness (QED) is 0.838. The Morgan fingerprint density at radius 3 is 2.73 bits per heavy atom. The van der Waals surface area contributed by atoms with Crippen molar-refractivity contribution in [2.24, 2.45) is 5.73 Å². The molecule has 1 aromatic carbocycles. The normalized spacial score (nSPS) is 15.8. The number of benzene rings is 1. The summed E-state index contributed by atoms with van der Waals surface area (Å²) in [6.45, 7) is 0. The lowest BCUT2D eigenvalue weighted by molar-refractivity contribution is 0.445. The molecule has 0 saturated heterocycles. The van der Waals surface area contributed by atoms with E-state index in [1.54, 1.807) is 0 Å². The maximum Gasteiger partial charge on any atom is 0.107 e. The van der Waals surface area contributed by atoms with E-state index in [0.29, 0.717) is 11.0 Å². The molecule has 0 atom stereocenters. The van der Waals surface area contributed by atoms with E-state index in [-0.39, 0.29) is 0 Å². The molecule has 2 nitrogen and oxygen atoms in total. The van der Waals surface area contributed by atoms with Crippen LogP contribution in [0.15, 0.2) is 22.7 Å². The van der Waals surface area contributed by atoms with Crippen LogP contribution in [0.25, 0.3) is 0 Å². The van der Waals surface area contributed by atoms with Gasteiger partial charge in [-0.1, -0.05) is 18.3 Å². The summed E-state index contributed by atoms with van der Waals surface area (Å²) in [7, 11) is 0. The molecular weight excluding hydrogens is 272 g/mol. The Labute approximate surface area is 103 Å². The Morgan fingerprint density at radius 1 is 1.47 bits per heavy atom. The van der Waals surface area contributed by atoms with E-state index in [9.17, 15) is 0 Å². The Balaban J connectivity index is 2.27. The zero-order chi connectivity index (χ0) is 10.8.